The van der Waals surface area contributed by atoms with Gasteiger partial charge in [-0.3, -0.25) is 0 Å². The summed E-state index contributed by atoms with van der Waals surface area (Å²) in [6.07, 6.45) is 0.948. The van der Waals surface area contributed by atoms with Crippen LogP contribution in [0.5, 0.6) is 5.75 Å². The zero-order chi connectivity index (χ0) is 11.1. The van der Waals surface area contributed by atoms with Gasteiger partial charge in [-0.2, -0.15) is 0 Å². The number of pyridine rings is 1. The number of ether oxygens (including phenoxy) is 1. The van der Waals surface area contributed by atoms with Crippen LogP contribution in [0, 0.1) is 0 Å². The third kappa shape index (κ3) is 1.32. The smallest absolute Gasteiger partial charge is 0.131 e. The Balaban J connectivity index is 2.32. The monoisotopic (exact) mass is 234 g/mol. The van der Waals surface area contributed by atoms with E-state index >= 15 is 0 Å². The number of hydrogen-bond donors (Lipinski definition) is 1. The predicted molar refractivity (Wildman–Crippen MR) is 65.5 cm³/mol. The summed E-state index contributed by atoms with van der Waals surface area (Å²) in [7, 11) is 1.65. The highest BCUT2D eigenvalue weighted by Crippen LogP contribution is 2.35. The lowest BCUT2D eigenvalue weighted by atomic mass is 10.1. The number of rotatable bonds is 1. The van der Waals surface area contributed by atoms with Gasteiger partial charge in [0.2, 0.25) is 0 Å². The Kier molecular flexibility index (Phi) is 2.14. The van der Waals surface area contributed by atoms with Gasteiger partial charge in [0, 0.05) is 23.6 Å². The molecule has 0 saturated carbocycles. The molecule has 0 amide bonds. The summed E-state index contributed by atoms with van der Waals surface area (Å²) < 4.78 is 5.18. The van der Waals surface area contributed by atoms with E-state index in [1.54, 1.807) is 7.11 Å². The van der Waals surface area contributed by atoms with E-state index in [1.165, 1.54) is 0 Å². The van der Waals surface area contributed by atoms with Crippen molar-refractivity contribution >= 4 is 28.3 Å². The number of anilines is 1. The van der Waals surface area contributed by atoms with Crippen molar-refractivity contribution in [1.82, 2.24) is 4.98 Å². The average Bonchev–Trinajstić information content (AvgIpc) is 2.77. The maximum absolute atomic E-state index is 6.36. The number of hydrogen-bond acceptors (Lipinski definition) is 3. The topological polar surface area (TPSA) is 34.1 Å². The van der Waals surface area contributed by atoms with Gasteiger partial charge in [-0.1, -0.05) is 11.6 Å². The molecule has 0 fully saturated rings. The molecule has 0 aliphatic carbocycles. The Hall–Kier alpha value is -1.48. The van der Waals surface area contributed by atoms with Gasteiger partial charge in [0.15, 0.2) is 0 Å². The molecular formula is C12H11ClN2O. The molecule has 3 rings (SSSR count). The second-order valence-corrected chi connectivity index (χ2v) is 4.19. The van der Waals surface area contributed by atoms with Crippen molar-refractivity contribution in [3.05, 3.63) is 28.8 Å². The number of nitrogens with one attached hydrogen (secondary N) is 1. The fourth-order valence-electron chi connectivity index (χ4n) is 2.05. The van der Waals surface area contributed by atoms with Crippen LogP contribution in [0.2, 0.25) is 5.02 Å². The zero-order valence-corrected chi connectivity index (χ0v) is 9.64. The summed E-state index contributed by atoms with van der Waals surface area (Å²) in [4.78, 5) is 4.55. The number of halogens is 1. The quantitative estimate of drug-likeness (QED) is 0.824. The molecule has 3 nitrogen and oxygen atoms in total. The third-order valence-corrected chi connectivity index (χ3v) is 3.32. The highest BCUT2D eigenvalue weighted by atomic mass is 35.5. The second kappa shape index (κ2) is 3.52. The summed E-state index contributed by atoms with van der Waals surface area (Å²) >= 11 is 6.36. The minimum absolute atomic E-state index is 0.800. The minimum atomic E-state index is 0.800. The Morgan fingerprint density at radius 1 is 1.44 bits per heavy atom. The van der Waals surface area contributed by atoms with Gasteiger partial charge in [0.05, 0.1) is 17.6 Å². The maximum Gasteiger partial charge on any atom is 0.131 e. The van der Waals surface area contributed by atoms with Crippen LogP contribution >= 0.6 is 11.6 Å². The average molecular weight is 235 g/mol. The molecule has 0 unspecified atom stereocenters. The van der Waals surface area contributed by atoms with Crippen LogP contribution in [0.15, 0.2) is 18.2 Å². The van der Waals surface area contributed by atoms with Crippen molar-refractivity contribution in [3.63, 3.8) is 0 Å². The van der Waals surface area contributed by atoms with Crippen molar-refractivity contribution in [3.8, 4) is 5.75 Å². The van der Waals surface area contributed by atoms with Gasteiger partial charge >= 0.3 is 0 Å². The van der Waals surface area contributed by atoms with E-state index in [1.807, 2.05) is 18.2 Å². The first-order chi connectivity index (χ1) is 7.79. The van der Waals surface area contributed by atoms with Crippen LogP contribution in [0.25, 0.3) is 10.9 Å². The molecule has 1 aromatic carbocycles. The number of aromatic nitrogens is 1. The Morgan fingerprint density at radius 3 is 3.12 bits per heavy atom. The van der Waals surface area contributed by atoms with Crippen molar-refractivity contribution in [1.29, 1.82) is 0 Å². The first kappa shape index (κ1) is 9.73. The van der Waals surface area contributed by atoms with Crippen molar-refractivity contribution in [2.45, 2.75) is 6.42 Å². The van der Waals surface area contributed by atoms with E-state index in [-0.39, 0.29) is 0 Å². The van der Waals surface area contributed by atoms with Gasteiger partial charge in [0.1, 0.15) is 11.6 Å². The summed E-state index contributed by atoms with van der Waals surface area (Å²) in [6.45, 7) is 0.912. The molecule has 0 radical (unpaired) electrons. The van der Waals surface area contributed by atoms with Gasteiger partial charge < -0.3 is 10.1 Å². The molecule has 0 saturated heterocycles. The van der Waals surface area contributed by atoms with E-state index in [4.69, 9.17) is 16.3 Å². The number of benzene rings is 1. The lowest BCUT2D eigenvalue weighted by Gasteiger charge is -2.07. The lowest BCUT2D eigenvalue weighted by molar-refractivity contribution is 0.415. The van der Waals surface area contributed by atoms with Crippen LogP contribution in [0.3, 0.4) is 0 Å². The summed E-state index contributed by atoms with van der Waals surface area (Å²) in [5.74, 6) is 1.71. The van der Waals surface area contributed by atoms with E-state index in [9.17, 15) is 0 Å². The van der Waals surface area contributed by atoms with E-state index in [0.717, 1.165) is 46.0 Å². The van der Waals surface area contributed by atoms with Crippen molar-refractivity contribution in [2.24, 2.45) is 0 Å². The Morgan fingerprint density at radius 2 is 2.31 bits per heavy atom. The molecule has 2 heterocycles. The Bertz CT molecular complexity index is 568. The van der Waals surface area contributed by atoms with Crippen LogP contribution in [-0.4, -0.2) is 18.6 Å². The van der Waals surface area contributed by atoms with Gasteiger partial charge in [0.25, 0.3) is 0 Å². The van der Waals surface area contributed by atoms with E-state index < -0.39 is 0 Å². The zero-order valence-electron chi connectivity index (χ0n) is 8.88. The summed E-state index contributed by atoms with van der Waals surface area (Å²) in [5.41, 5.74) is 2.00. The van der Waals surface area contributed by atoms with Crippen LogP contribution < -0.4 is 10.1 Å². The van der Waals surface area contributed by atoms with Crippen LogP contribution in [0.4, 0.5) is 5.82 Å². The largest absolute Gasteiger partial charge is 0.497 e. The third-order valence-electron chi connectivity index (χ3n) is 2.89. The number of methoxy groups -OCH3 is 1. The maximum atomic E-state index is 6.36. The SMILES string of the molecule is COc1ccc2c(Cl)c3c(nc2c1)NCC3. The summed E-state index contributed by atoms with van der Waals surface area (Å²) in [5, 5.41) is 5.04. The predicted octanol–water partition coefficient (Wildman–Crippen LogP) is 2.86. The fraction of sp³-hybridized carbons (Fsp3) is 0.250. The van der Waals surface area contributed by atoms with E-state index in [2.05, 4.69) is 10.3 Å². The molecule has 2 aromatic rings. The Labute approximate surface area is 98.4 Å². The molecular weight excluding hydrogens is 224 g/mol. The molecule has 0 atom stereocenters. The molecule has 0 spiro atoms. The first-order valence-corrected chi connectivity index (χ1v) is 5.57. The van der Waals surface area contributed by atoms with Crippen molar-refractivity contribution < 1.29 is 4.74 Å². The van der Waals surface area contributed by atoms with Crippen molar-refractivity contribution in [2.75, 3.05) is 19.0 Å². The highest BCUT2D eigenvalue weighted by Gasteiger charge is 2.17. The normalized spacial score (nSPS) is 13.6. The molecule has 1 aliphatic rings. The summed E-state index contributed by atoms with van der Waals surface area (Å²) in [6, 6.07) is 5.77. The van der Waals surface area contributed by atoms with Crippen LogP contribution in [-0.2, 0) is 6.42 Å². The second-order valence-electron chi connectivity index (χ2n) is 3.81. The lowest BCUT2D eigenvalue weighted by Crippen LogP contribution is -1.93. The highest BCUT2D eigenvalue weighted by molar-refractivity contribution is 6.36. The van der Waals surface area contributed by atoms with Gasteiger partial charge in [-0.25, -0.2) is 4.98 Å². The van der Waals surface area contributed by atoms with E-state index in [0.29, 0.717) is 0 Å². The molecule has 0 bridgehead atoms. The van der Waals surface area contributed by atoms with Gasteiger partial charge in [-0.05, 0) is 18.6 Å². The molecule has 1 aromatic heterocycles. The standard InChI is InChI=1S/C12H11ClN2O/c1-16-7-2-3-8-10(6-7)15-12-9(11(8)13)4-5-14-12/h2-3,6H,4-5H2,1H3,(H,14,15). The molecule has 1 aliphatic heterocycles. The first-order valence-electron chi connectivity index (χ1n) is 5.19. The molecule has 1 N–H and O–H groups in total. The number of fused-ring (bicyclic) bond motifs is 2. The minimum Gasteiger partial charge on any atom is -0.497 e. The molecule has 16 heavy (non-hydrogen) atoms. The molecule has 82 valence electrons. The fourth-order valence-corrected chi connectivity index (χ4v) is 2.40. The number of nitrogens with zero attached hydrogens (tertiary/aromatic N) is 1. The molecule has 4 heteroatoms. The van der Waals surface area contributed by atoms with Gasteiger partial charge in [-0.15, -0.1) is 0 Å². The van der Waals surface area contributed by atoms with Crippen LogP contribution in [0.1, 0.15) is 5.56 Å².